The molecule has 2 saturated heterocycles. The van der Waals surface area contributed by atoms with E-state index in [9.17, 15) is 0 Å². The van der Waals surface area contributed by atoms with Gasteiger partial charge in [-0.3, -0.25) is 0 Å². The van der Waals surface area contributed by atoms with Crippen molar-refractivity contribution in [2.45, 2.75) is 25.3 Å². The lowest BCUT2D eigenvalue weighted by Crippen LogP contribution is -2.36. The molecule has 4 heterocycles. The molecule has 0 radical (unpaired) electrons. The maximum absolute atomic E-state index is 4.49. The molecule has 0 bridgehead atoms. The molecule has 1 unspecified atom stereocenters. The summed E-state index contributed by atoms with van der Waals surface area (Å²) in [6, 6.07) is 0. The smallest absolute Gasteiger partial charge is 0.154 e. The lowest BCUT2D eigenvalue weighted by molar-refractivity contribution is 0.193. The molecule has 3 atom stereocenters. The van der Waals surface area contributed by atoms with E-state index in [1.807, 2.05) is 0 Å². The number of aromatic nitrogens is 6. The van der Waals surface area contributed by atoms with E-state index in [0.717, 1.165) is 29.4 Å². The number of halogens is 2. The highest BCUT2D eigenvalue weighted by atomic mass is 35.5. The average Bonchev–Trinajstić information content (AvgIpc) is 3.14. The Morgan fingerprint density at radius 2 is 1.85 bits per heavy atom. The predicted octanol–water partition coefficient (Wildman–Crippen LogP) is 0.943. The molecular weight excluding hydrogens is 387 g/mol. The van der Waals surface area contributed by atoms with Crippen LogP contribution in [0.4, 0.5) is 0 Å². The molecule has 10 heteroatoms. The fraction of sp³-hybridized carbons (Fsp3) is 0.765. The number of nitrogens with one attached hydrogen (secondary N) is 1. The highest BCUT2D eigenvalue weighted by Crippen LogP contribution is 2.49. The first kappa shape index (κ1) is 20.5. The van der Waals surface area contributed by atoms with Crippen LogP contribution in [0.15, 0.2) is 12.7 Å². The van der Waals surface area contributed by atoms with Crippen molar-refractivity contribution in [1.29, 1.82) is 0 Å². The maximum atomic E-state index is 4.49. The van der Waals surface area contributed by atoms with Gasteiger partial charge in [0.1, 0.15) is 25.0 Å². The van der Waals surface area contributed by atoms with Crippen molar-refractivity contribution < 1.29 is 0 Å². The lowest BCUT2D eigenvalue weighted by atomic mass is 9.95. The van der Waals surface area contributed by atoms with Crippen molar-refractivity contribution >= 4 is 24.8 Å². The normalized spacial score (nSPS) is 27.7. The lowest BCUT2D eigenvalue weighted by Gasteiger charge is -2.31. The number of likely N-dealkylation sites (tertiary alicyclic amines) is 1. The Bertz CT molecular complexity index is 715. The van der Waals surface area contributed by atoms with E-state index in [0.29, 0.717) is 12.5 Å². The third-order valence-corrected chi connectivity index (χ3v) is 6.46. The first-order valence-corrected chi connectivity index (χ1v) is 9.43. The van der Waals surface area contributed by atoms with Gasteiger partial charge in [0.15, 0.2) is 5.82 Å². The van der Waals surface area contributed by atoms with Gasteiger partial charge in [0.25, 0.3) is 0 Å². The second-order valence-electron chi connectivity index (χ2n) is 7.85. The summed E-state index contributed by atoms with van der Waals surface area (Å²) < 4.78 is 3.94. The van der Waals surface area contributed by atoms with Gasteiger partial charge < -0.3 is 14.8 Å². The summed E-state index contributed by atoms with van der Waals surface area (Å²) in [4.78, 5) is 6.66. The second-order valence-corrected chi connectivity index (χ2v) is 7.85. The van der Waals surface area contributed by atoms with Crippen LogP contribution < -0.4 is 5.32 Å². The molecule has 150 valence electrons. The Kier molecular flexibility index (Phi) is 6.40. The molecule has 3 fully saturated rings. The number of piperidine rings is 2. The van der Waals surface area contributed by atoms with Crippen LogP contribution in [0.2, 0.25) is 0 Å². The molecular formula is C17H28Cl2N8. The molecule has 3 aliphatic rings. The monoisotopic (exact) mass is 414 g/mol. The van der Waals surface area contributed by atoms with E-state index in [1.54, 1.807) is 17.3 Å². The molecule has 1 saturated carbocycles. The van der Waals surface area contributed by atoms with E-state index < -0.39 is 0 Å². The largest absolute Gasteiger partial charge is 0.316 e. The fourth-order valence-corrected chi connectivity index (χ4v) is 4.82. The molecule has 0 spiro atoms. The minimum atomic E-state index is 0. The molecule has 1 aliphatic carbocycles. The zero-order valence-corrected chi connectivity index (χ0v) is 17.2. The van der Waals surface area contributed by atoms with Crippen molar-refractivity contribution in [2.24, 2.45) is 24.8 Å². The SMILES string of the molecule is Cl.Cl.Cn1c(Cn2cncn2)nnc1C1CCN(CC2[C@H]3CNC[C@@H]23)CC1. The quantitative estimate of drug-likeness (QED) is 0.784. The maximum Gasteiger partial charge on any atom is 0.154 e. The van der Waals surface area contributed by atoms with Crippen LogP contribution in [0.1, 0.15) is 30.4 Å². The second kappa shape index (κ2) is 8.43. The van der Waals surface area contributed by atoms with Gasteiger partial charge >= 0.3 is 0 Å². The van der Waals surface area contributed by atoms with Crippen LogP contribution in [-0.2, 0) is 13.6 Å². The minimum Gasteiger partial charge on any atom is -0.316 e. The zero-order valence-electron chi connectivity index (χ0n) is 15.6. The van der Waals surface area contributed by atoms with Crippen molar-refractivity contribution in [3.05, 3.63) is 24.3 Å². The van der Waals surface area contributed by atoms with Gasteiger partial charge in [-0.05, 0) is 56.8 Å². The summed E-state index contributed by atoms with van der Waals surface area (Å²) in [5, 5.41) is 16.5. The van der Waals surface area contributed by atoms with Crippen LogP contribution in [0.3, 0.4) is 0 Å². The van der Waals surface area contributed by atoms with Gasteiger partial charge in [0.2, 0.25) is 0 Å². The van der Waals surface area contributed by atoms with Crippen LogP contribution in [-0.4, -0.2) is 67.2 Å². The first-order valence-electron chi connectivity index (χ1n) is 9.43. The molecule has 1 N–H and O–H groups in total. The van der Waals surface area contributed by atoms with E-state index in [2.05, 4.69) is 42.1 Å². The fourth-order valence-electron chi connectivity index (χ4n) is 4.82. The Labute approximate surface area is 171 Å². The van der Waals surface area contributed by atoms with Gasteiger partial charge in [-0.2, -0.15) is 5.10 Å². The topological polar surface area (TPSA) is 76.7 Å². The molecule has 5 rings (SSSR count). The molecule has 0 aromatic carbocycles. The summed E-state index contributed by atoms with van der Waals surface area (Å²) in [5.74, 6) is 5.50. The number of hydrogen-bond donors (Lipinski definition) is 1. The third kappa shape index (κ3) is 3.99. The standard InChI is InChI=1S/C17H26N8.2ClH/c1-23-16(9-25-11-19-10-20-25)21-22-17(23)12-2-4-24(5-3-12)8-15-13-6-18-7-14(13)15;;/h10-15,18H,2-9H2,1H3;2*1H/t13-,14+,15?;;. The van der Waals surface area contributed by atoms with Crippen molar-refractivity contribution in [1.82, 2.24) is 39.7 Å². The van der Waals surface area contributed by atoms with Crippen molar-refractivity contribution in [3.8, 4) is 0 Å². The summed E-state index contributed by atoms with van der Waals surface area (Å²) in [6.45, 7) is 6.82. The summed E-state index contributed by atoms with van der Waals surface area (Å²) >= 11 is 0. The van der Waals surface area contributed by atoms with Crippen LogP contribution >= 0.6 is 24.8 Å². The van der Waals surface area contributed by atoms with Gasteiger partial charge in [0.05, 0.1) is 0 Å². The summed E-state index contributed by atoms with van der Waals surface area (Å²) in [5.41, 5.74) is 0. The predicted molar refractivity (Wildman–Crippen MR) is 106 cm³/mol. The van der Waals surface area contributed by atoms with Crippen LogP contribution in [0, 0.1) is 17.8 Å². The number of fused-ring (bicyclic) bond motifs is 1. The van der Waals surface area contributed by atoms with E-state index >= 15 is 0 Å². The zero-order chi connectivity index (χ0) is 16.8. The van der Waals surface area contributed by atoms with Crippen molar-refractivity contribution in [2.75, 3.05) is 32.7 Å². The number of nitrogens with zero attached hydrogens (tertiary/aromatic N) is 7. The Morgan fingerprint density at radius 1 is 1.11 bits per heavy atom. The van der Waals surface area contributed by atoms with E-state index in [4.69, 9.17) is 0 Å². The van der Waals surface area contributed by atoms with Gasteiger partial charge in [0, 0.05) is 19.5 Å². The highest BCUT2D eigenvalue weighted by Gasteiger charge is 2.52. The molecule has 2 aromatic rings. The molecule has 8 nitrogen and oxygen atoms in total. The molecule has 2 aliphatic heterocycles. The van der Waals surface area contributed by atoms with Gasteiger partial charge in [-0.15, -0.1) is 35.0 Å². The van der Waals surface area contributed by atoms with Gasteiger partial charge in [-0.1, -0.05) is 0 Å². The van der Waals surface area contributed by atoms with E-state index in [1.165, 1.54) is 45.6 Å². The average molecular weight is 415 g/mol. The minimum absolute atomic E-state index is 0. The van der Waals surface area contributed by atoms with Crippen molar-refractivity contribution in [3.63, 3.8) is 0 Å². The summed E-state index contributed by atoms with van der Waals surface area (Å²) in [7, 11) is 2.08. The van der Waals surface area contributed by atoms with E-state index in [-0.39, 0.29) is 24.8 Å². The Morgan fingerprint density at radius 3 is 2.52 bits per heavy atom. The molecule has 2 aromatic heterocycles. The Balaban J connectivity index is 0.00000105. The molecule has 0 amide bonds. The molecule has 27 heavy (non-hydrogen) atoms. The number of hydrogen-bond acceptors (Lipinski definition) is 6. The Hall–Kier alpha value is -1.22. The number of rotatable bonds is 5. The van der Waals surface area contributed by atoms with Crippen LogP contribution in [0.25, 0.3) is 0 Å². The van der Waals surface area contributed by atoms with Crippen LogP contribution in [0.5, 0.6) is 0 Å². The highest BCUT2D eigenvalue weighted by molar-refractivity contribution is 5.85. The van der Waals surface area contributed by atoms with Gasteiger partial charge in [-0.25, -0.2) is 9.67 Å². The third-order valence-electron chi connectivity index (χ3n) is 6.46. The summed E-state index contributed by atoms with van der Waals surface area (Å²) in [6.07, 6.45) is 5.65. The first-order chi connectivity index (χ1) is 12.3.